The highest BCUT2D eigenvalue weighted by Crippen LogP contribution is 2.23. The van der Waals surface area contributed by atoms with Gasteiger partial charge in [0.25, 0.3) is 0 Å². The monoisotopic (exact) mass is 533 g/mol. The zero-order valence-corrected chi connectivity index (χ0v) is 23.9. The summed E-state index contributed by atoms with van der Waals surface area (Å²) in [6.45, 7) is 12.2. The number of nitrogens with one attached hydrogen (secondary N) is 2. The third-order valence-corrected chi connectivity index (χ3v) is 5.58. The predicted molar refractivity (Wildman–Crippen MR) is 149 cm³/mol. The van der Waals surface area contributed by atoms with Gasteiger partial charge in [-0.15, -0.1) is 0 Å². The number of rotatable bonds is 8. The first-order valence-corrected chi connectivity index (χ1v) is 14.0. The van der Waals surface area contributed by atoms with E-state index >= 15 is 0 Å². The number of nitrogens with zero attached hydrogens (tertiary/aromatic N) is 3. The minimum Gasteiger partial charge on any atom is -0.449 e. The van der Waals surface area contributed by atoms with Crippen molar-refractivity contribution in [2.45, 2.75) is 52.8 Å². The number of carbonyl (C=O) groups excluding carboxylic acids is 2. The summed E-state index contributed by atoms with van der Waals surface area (Å²) in [6.07, 6.45) is 1.97. The minimum absolute atomic E-state index is 0.0915. The van der Waals surface area contributed by atoms with Crippen molar-refractivity contribution in [1.82, 2.24) is 15.5 Å². The summed E-state index contributed by atoms with van der Waals surface area (Å²) in [4.78, 5) is 31.2. The van der Waals surface area contributed by atoms with E-state index in [0.717, 1.165) is 5.75 Å². The van der Waals surface area contributed by atoms with Gasteiger partial charge < -0.3 is 19.7 Å². The summed E-state index contributed by atoms with van der Waals surface area (Å²) in [7, 11) is 0. The molecule has 2 rings (SSSR count). The summed E-state index contributed by atoms with van der Waals surface area (Å²) in [5.74, 6) is 1.28. The van der Waals surface area contributed by atoms with Gasteiger partial charge >= 0.3 is 6.09 Å². The molecule has 1 aromatic carbocycles. The van der Waals surface area contributed by atoms with Gasteiger partial charge in [-0.05, 0) is 29.6 Å². The van der Waals surface area contributed by atoms with Crippen LogP contribution in [0.25, 0.3) is 0 Å². The highest BCUT2D eigenvalue weighted by atomic mass is 32.2. The molecule has 1 heterocycles. The molecule has 1 fully saturated rings. The molecule has 9 nitrogen and oxygen atoms in total. The Kier molecular flexibility index (Phi) is 15.4. The van der Waals surface area contributed by atoms with Crippen molar-refractivity contribution in [2.24, 2.45) is 16.3 Å². The van der Waals surface area contributed by atoms with Gasteiger partial charge in [0.05, 0.1) is 25.9 Å². The van der Waals surface area contributed by atoms with Crippen LogP contribution in [-0.2, 0) is 20.0 Å². The van der Waals surface area contributed by atoms with Crippen molar-refractivity contribution in [2.75, 3.05) is 45.7 Å². The van der Waals surface area contributed by atoms with Crippen LogP contribution in [-0.4, -0.2) is 74.6 Å². The number of guanidine groups is 1. The number of thioether (sulfide) groups is 1. The lowest BCUT2D eigenvalue weighted by Gasteiger charge is -2.31. The van der Waals surface area contributed by atoms with Gasteiger partial charge in [-0.3, -0.25) is 10.1 Å². The molecule has 1 aliphatic heterocycles. The van der Waals surface area contributed by atoms with E-state index in [1.165, 1.54) is 5.56 Å². The summed E-state index contributed by atoms with van der Waals surface area (Å²) >= 11 is 1.85. The largest absolute Gasteiger partial charge is 0.449 e. The SMILES string of the molecule is CC(C)COC(=O)NC(=N[C@@H](CC(C)(C)C)C(=O)NCC#N)N1CCOCC1.CSCc1ccccc1. The van der Waals surface area contributed by atoms with Crippen LogP contribution in [0.1, 0.15) is 46.6 Å². The number of hydrogen-bond donors (Lipinski definition) is 2. The van der Waals surface area contributed by atoms with Gasteiger partial charge in [-0.2, -0.15) is 17.0 Å². The molecule has 0 radical (unpaired) electrons. The summed E-state index contributed by atoms with van der Waals surface area (Å²) in [5, 5.41) is 14.0. The molecule has 1 aromatic rings. The predicted octanol–water partition coefficient (Wildman–Crippen LogP) is 4.05. The highest BCUT2D eigenvalue weighted by Gasteiger charge is 2.27. The topological polar surface area (TPSA) is 116 Å². The third kappa shape index (κ3) is 15.2. The van der Waals surface area contributed by atoms with Gasteiger partial charge in [0.15, 0.2) is 0 Å². The van der Waals surface area contributed by atoms with Crippen LogP contribution in [0, 0.1) is 22.7 Å². The first-order valence-electron chi connectivity index (χ1n) is 12.6. The molecule has 2 N–H and O–H groups in total. The summed E-state index contributed by atoms with van der Waals surface area (Å²) < 4.78 is 10.6. The molecule has 1 saturated heterocycles. The fraction of sp³-hybridized carbons (Fsp3) is 0.630. The number of amides is 2. The van der Waals surface area contributed by atoms with E-state index in [2.05, 4.69) is 46.1 Å². The maximum Gasteiger partial charge on any atom is 0.413 e. The van der Waals surface area contributed by atoms with Crippen LogP contribution < -0.4 is 10.6 Å². The van der Waals surface area contributed by atoms with Crippen LogP contribution in [0.15, 0.2) is 35.3 Å². The van der Waals surface area contributed by atoms with Crippen molar-refractivity contribution < 1.29 is 19.1 Å². The van der Waals surface area contributed by atoms with Crippen molar-refractivity contribution in [3.05, 3.63) is 35.9 Å². The Morgan fingerprint density at radius 3 is 2.41 bits per heavy atom. The van der Waals surface area contributed by atoms with Gasteiger partial charge in [0, 0.05) is 18.8 Å². The Morgan fingerprint density at radius 1 is 1.22 bits per heavy atom. The van der Waals surface area contributed by atoms with Crippen molar-refractivity contribution in [3.8, 4) is 6.07 Å². The van der Waals surface area contributed by atoms with Crippen LogP contribution >= 0.6 is 11.8 Å². The first kappa shape index (κ1) is 32.3. The number of benzene rings is 1. The number of nitriles is 1. The Hall–Kier alpha value is -2.77. The van der Waals surface area contributed by atoms with Crippen LogP contribution in [0.2, 0.25) is 0 Å². The van der Waals surface area contributed by atoms with E-state index in [4.69, 9.17) is 14.7 Å². The molecule has 0 unspecified atom stereocenters. The molecule has 1 atom stereocenters. The quantitative estimate of drug-likeness (QED) is 0.294. The van der Waals surface area contributed by atoms with E-state index in [0.29, 0.717) is 38.7 Å². The number of aliphatic imine (C=N–C) groups is 1. The lowest BCUT2D eigenvalue weighted by molar-refractivity contribution is -0.122. The fourth-order valence-electron chi connectivity index (χ4n) is 3.25. The van der Waals surface area contributed by atoms with Crippen molar-refractivity contribution >= 4 is 29.7 Å². The van der Waals surface area contributed by atoms with Gasteiger partial charge in [0.1, 0.15) is 12.6 Å². The van der Waals surface area contributed by atoms with Crippen LogP contribution in [0.5, 0.6) is 0 Å². The zero-order valence-electron chi connectivity index (χ0n) is 23.1. The van der Waals surface area contributed by atoms with Crippen molar-refractivity contribution in [3.63, 3.8) is 0 Å². The molecule has 10 heteroatoms. The second-order valence-electron chi connectivity index (χ2n) is 10.2. The van der Waals surface area contributed by atoms with Gasteiger partial charge in [-0.25, -0.2) is 9.79 Å². The number of hydrogen-bond acceptors (Lipinski definition) is 7. The maximum absolute atomic E-state index is 12.5. The normalized spacial score (nSPS) is 14.6. The number of ether oxygens (including phenoxy) is 2. The van der Waals surface area contributed by atoms with E-state index in [1.54, 1.807) is 0 Å². The maximum atomic E-state index is 12.5. The Bertz CT molecular complexity index is 875. The Labute approximate surface area is 226 Å². The van der Waals surface area contributed by atoms with Gasteiger partial charge in [0.2, 0.25) is 11.9 Å². The second-order valence-corrected chi connectivity index (χ2v) is 11.1. The Morgan fingerprint density at radius 2 is 1.86 bits per heavy atom. The van der Waals surface area contributed by atoms with Crippen LogP contribution in [0.3, 0.4) is 0 Å². The van der Waals surface area contributed by atoms with E-state index < -0.39 is 12.1 Å². The van der Waals surface area contributed by atoms with E-state index in [1.807, 2.05) is 63.4 Å². The molecule has 2 amide bonds. The van der Waals surface area contributed by atoms with E-state index in [9.17, 15) is 9.59 Å². The molecular formula is C27H43N5O4S. The second kappa shape index (κ2) is 17.6. The molecule has 0 spiro atoms. The van der Waals surface area contributed by atoms with Crippen molar-refractivity contribution in [1.29, 1.82) is 5.26 Å². The zero-order chi connectivity index (χ0) is 27.7. The molecule has 206 valence electrons. The molecule has 0 saturated carbocycles. The fourth-order valence-corrected chi connectivity index (χ4v) is 3.77. The average molecular weight is 534 g/mol. The summed E-state index contributed by atoms with van der Waals surface area (Å²) in [6, 6.07) is 11.7. The average Bonchev–Trinajstić information content (AvgIpc) is 2.86. The number of alkyl carbamates (subject to hydrolysis) is 1. The minimum atomic E-state index is -0.739. The molecule has 0 bridgehead atoms. The third-order valence-electron chi connectivity index (χ3n) is 4.95. The smallest absolute Gasteiger partial charge is 0.413 e. The lowest BCUT2D eigenvalue weighted by atomic mass is 9.88. The molecular weight excluding hydrogens is 490 g/mol. The number of morpholine rings is 1. The molecule has 1 aliphatic rings. The molecule has 0 aliphatic carbocycles. The molecule has 0 aromatic heterocycles. The number of carbonyl (C=O) groups is 2. The van der Waals surface area contributed by atoms with Gasteiger partial charge in [-0.1, -0.05) is 65.0 Å². The first-order chi connectivity index (χ1) is 17.6. The van der Waals surface area contributed by atoms with E-state index in [-0.39, 0.29) is 30.4 Å². The summed E-state index contributed by atoms with van der Waals surface area (Å²) in [5.41, 5.74) is 1.23. The lowest BCUT2D eigenvalue weighted by Crippen LogP contribution is -2.50. The van der Waals surface area contributed by atoms with Crippen LogP contribution in [0.4, 0.5) is 4.79 Å². The standard InChI is InChI=1S/C19H33N5O4.C8H10S/c1-14(2)13-28-18(26)23-17(24-8-10-27-11-9-24)22-15(12-19(3,4)5)16(25)21-7-6-20;1-9-7-8-5-3-2-4-6-8/h14-15H,7-13H2,1-5H3,(H,21,25)(H,22,23,26);2-6H,7H2,1H3/t15-;/m0./s1. The highest BCUT2D eigenvalue weighted by molar-refractivity contribution is 7.97. The Balaban J connectivity index is 0.000000635. The molecule has 37 heavy (non-hydrogen) atoms.